The van der Waals surface area contributed by atoms with Gasteiger partial charge in [0.2, 0.25) is 5.95 Å². The van der Waals surface area contributed by atoms with Crippen LogP contribution in [0.3, 0.4) is 0 Å². The molecule has 1 fully saturated rings. The number of hydrogen-bond acceptors (Lipinski definition) is 8. The van der Waals surface area contributed by atoms with Crippen LogP contribution in [0.2, 0.25) is 5.02 Å². The highest BCUT2D eigenvalue weighted by atomic mass is 35.5. The molecule has 0 radical (unpaired) electrons. The Kier molecular flexibility index (Phi) is 9.24. The number of unbranched alkanes of at least 4 members (excludes halogenated alkanes) is 3. The van der Waals surface area contributed by atoms with Crippen molar-refractivity contribution in [2.24, 2.45) is 0 Å². The first kappa shape index (κ1) is 24.6. The minimum absolute atomic E-state index is 0.200. The third-order valence-electron chi connectivity index (χ3n) is 5.92. The van der Waals surface area contributed by atoms with Crippen LogP contribution in [0.1, 0.15) is 43.8 Å². The van der Waals surface area contributed by atoms with E-state index in [0.717, 1.165) is 98.8 Å². The van der Waals surface area contributed by atoms with Gasteiger partial charge in [0, 0.05) is 61.4 Å². The number of nitrogens with zero attached hydrogens (tertiary/aromatic N) is 5. The molecule has 1 aromatic carbocycles. The molecule has 34 heavy (non-hydrogen) atoms. The van der Waals surface area contributed by atoms with Crippen LogP contribution in [-0.4, -0.2) is 64.5 Å². The van der Waals surface area contributed by atoms with E-state index >= 15 is 0 Å². The Bertz CT molecular complexity index is 1060. The van der Waals surface area contributed by atoms with Crippen molar-refractivity contribution in [3.63, 3.8) is 0 Å². The van der Waals surface area contributed by atoms with Crippen molar-refractivity contribution in [3.8, 4) is 0 Å². The number of halogens is 1. The highest BCUT2D eigenvalue weighted by Gasteiger charge is 2.16. The first-order chi connectivity index (χ1) is 16.7. The van der Waals surface area contributed by atoms with E-state index in [4.69, 9.17) is 36.4 Å². The van der Waals surface area contributed by atoms with Crippen LogP contribution in [0.25, 0.3) is 10.9 Å². The molecule has 182 valence electrons. The number of aromatic nitrogens is 4. The van der Waals surface area contributed by atoms with E-state index in [9.17, 15) is 0 Å². The highest BCUT2D eigenvalue weighted by molar-refractivity contribution is 6.31. The molecule has 2 aromatic heterocycles. The molecule has 0 unspecified atom stereocenters. The minimum atomic E-state index is 0.200. The first-order valence-corrected chi connectivity index (χ1v) is 12.6. The lowest BCUT2D eigenvalue weighted by atomic mass is 10.1. The number of benzene rings is 1. The van der Waals surface area contributed by atoms with E-state index in [1.807, 2.05) is 30.5 Å². The van der Waals surface area contributed by atoms with Gasteiger partial charge in [-0.05, 0) is 49.9 Å². The maximum Gasteiger partial charge on any atom is 0.229 e. The van der Waals surface area contributed by atoms with Crippen molar-refractivity contribution >= 4 is 34.1 Å². The van der Waals surface area contributed by atoms with Crippen molar-refractivity contribution in [1.29, 1.82) is 0 Å². The van der Waals surface area contributed by atoms with Gasteiger partial charge in [-0.2, -0.15) is 9.97 Å². The van der Waals surface area contributed by atoms with Crippen molar-refractivity contribution < 1.29 is 9.84 Å². The number of hydrogen-bond donors (Lipinski definition) is 2. The summed E-state index contributed by atoms with van der Waals surface area (Å²) >= 11 is 6.09. The van der Waals surface area contributed by atoms with Crippen molar-refractivity contribution in [3.05, 3.63) is 47.1 Å². The van der Waals surface area contributed by atoms with Gasteiger partial charge in [0.15, 0.2) is 0 Å². The molecule has 1 aliphatic heterocycles. The fourth-order valence-electron chi connectivity index (χ4n) is 4.06. The summed E-state index contributed by atoms with van der Waals surface area (Å²) in [5, 5.41) is 14.4. The topological polar surface area (TPSA) is 96.3 Å². The molecule has 0 aliphatic carbocycles. The van der Waals surface area contributed by atoms with Crippen LogP contribution in [0.4, 0.5) is 11.6 Å². The Morgan fingerprint density at radius 2 is 1.71 bits per heavy atom. The number of nitrogens with one attached hydrogen (secondary N) is 1. The minimum Gasteiger partial charge on any atom is -0.396 e. The van der Waals surface area contributed by atoms with Gasteiger partial charge in [-0.3, -0.25) is 4.98 Å². The SMILES string of the molecule is OCCCCc1nc(CCCCCNc2ccnc3cc(Cl)ccc23)nc(N2CCOCC2)n1. The van der Waals surface area contributed by atoms with Crippen LogP contribution < -0.4 is 10.2 Å². The van der Waals surface area contributed by atoms with Crippen LogP contribution in [-0.2, 0) is 17.6 Å². The second kappa shape index (κ2) is 12.8. The fourth-order valence-corrected chi connectivity index (χ4v) is 4.23. The Labute approximate surface area is 205 Å². The zero-order valence-corrected chi connectivity index (χ0v) is 20.3. The number of ether oxygens (including phenoxy) is 1. The third-order valence-corrected chi connectivity index (χ3v) is 6.15. The van der Waals surface area contributed by atoms with Crippen molar-refractivity contribution in [1.82, 2.24) is 19.9 Å². The summed E-state index contributed by atoms with van der Waals surface area (Å²) in [7, 11) is 0. The number of pyridine rings is 1. The molecule has 0 saturated carbocycles. The van der Waals surface area contributed by atoms with Gasteiger partial charge >= 0.3 is 0 Å². The molecule has 2 N–H and O–H groups in total. The molecule has 1 aliphatic rings. The highest BCUT2D eigenvalue weighted by Crippen LogP contribution is 2.24. The van der Waals surface area contributed by atoms with Crippen molar-refractivity contribution in [2.45, 2.75) is 44.9 Å². The van der Waals surface area contributed by atoms with Crippen LogP contribution in [0.15, 0.2) is 30.5 Å². The monoisotopic (exact) mass is 484 g/mol. The first-order valence-electron chi connectivity index (χ1n) is 12.2. The standard InChI is InChI=1S/C25H33ClN6O2/c26-19-8-9-20-21(10-12-28-22(20)18-19)27-11-4-1-2-6-23-29-24(7-3-5-15-33)31-25(30-23)32-13-16-34-17-14-32/h8-10,12,18,33H,1-7,11,13-17H2,(H,27,28). The van der Waals surface area contributed by atoms with Gasteiger partial charge < -0.3 is 20.1 Å². The number of aryl methyl sites for hydroxylation is 2. The average Bonchev–Trinajstić information content (AvgIpc) is 2.86. The molecular weight excluding hydrogens is 452 g/mol. The van der Waals surface area contributed by atoms with E-state index in [1.165, 1.54) is 0 Å². The molecule has 1 saturated heterocycles. The molecule has 4 rings (SSSR count). The fraction of sp³-hybridized carbons (Fsp3) is 0.520. The number of morpholine rings is 1. The average molecular weight is 485 g/mol. The molecule has 3 heterocycles. The van der Waals surface area contributed by atoms with E-state index in [0.29, 0.717) is 18.2 Å². The number of fused-ring (bicyclic) bond motifs is 1. The summed E-state index contributed by atoms with van der Waals surface area (Å²) in [5.41, 5.74) is 1.99. The van der Waals surface area contributed by atoms with Crippen LogP contribution >= 0.6 is 11.6 Å². The number of aliphatic hydroxyl groups is 1. The Morgan fingerprint density at radius 3 is 2.47 bits per heavy atom. The van der Waals surface area contributed by atoms with Crippen molar-refractivity contribution in [2.75, 3.05) is 49.7 Å². The number of rotatable bonds is 12. The maximum absolute atomic E-state index is 9.09. The van der Waals surface area contributed by atoms with E-state index < -0.39 is 0 Å². The van der Waals surface area contributed by atoms with Crippen LogP contribution in [0, 0.1) is 0 Å². The molecule has 9 heteroatoms. The van der Waals surface area contributed by atoms with Gasteiger partial charge in [-0.15, -0.1) is 0 Å². The molecule has 0 amide bonds. The second-order valence-electron chi connectivity index (χ2n) is 8.51. The van der Waals surface area contributed by atoms with E-state index in [2.05, 4.69) is 15.2 Å². The van der Waals surface area contributed by atoms with Gasteiger partial charge in [0.25, 0.3) is 0 Å². The smallest absolute Gasteiger partial charge is 0.229 e. The van der Waals surface area contributed by atoms with Gasteiger partial charge in [0.1, 0.15) is 11.6 Å². The molecule has 3 aromatic rings. The summed E-state index contributed by atoms with van der Waals surface area (Å²) in [5.74, 6) is 2.45. The third kappa shape index (κ3) is 6.98. The lowest BCUT2D eigenvalue weighted by molar-refractivity contribution is 0.122. The summed E-state index contributed by atoms with van der Waals surface area (Å²) in [6.07, 6.45) is 8.22. The normalized spacial score (nSPS) is 14.0. The van der Waals surface area contributed by atoms with Gasteiger partial charge in [-0.25, -0.2) is 4.98 Å². The number of anilines is 2. The van der Waals surface area contributed by atoms with Gasteiger partial charge in [-0.1, -0.05) is 18.0 Å². The molecule has 0 spiro atoms. The van der Waals surface area contributed by atoms with Gasteiger partial charge in [0.05, 0.1) is 18.7 Å². The van der Waals surface area contributed by atoms with Crippen LogP contribution in [0.5, 0.6) is 0 Å². The lowest BCUT2D eigenvalue weighted by Gasteiger charge is -2.27. The summed E-state index contributed by atoms with van der Waals surface area (Å²) in [6.45, 7) is 4.11. The van der Waals surface area contributed by atoms with E-state index in [1.54, 1.807) is 0 Å². The molecule has 0 atom stereocenters. The maximum atomic E-state index is 9.09. The molecule has 0 bridgehead atoms. The largest absolute Gasteiger partial charge is 0.396 e. The Balaban J connectivity index is 1.28. The lowest BCUT2D eigenvalue weighted by Crippen LogP contribution is -2.37. The predicted octanol–water partition coefficient (Wildman–Crippen LogP) is 4.05. The zero-order valence-electron chi connectivity index (χ0n) is 19.5. The molecule has 8 nitrogen and oxygen atoms in total. The zero-order chi connectivity index (χ0) is 23.6. The molecular formula is C25H33ClN6O2. The predicted molar refractivity (Wildman–Crippen MR) is 136 cm³/mol. The van der Waals surface area contributed by atoms with E-state index in [-0.39, 0.29) is 6.61 Å². The second-order valence-corrected chi connectivity index (χ2v) is 8.94. The summed E-state index contributed by atoms with van der Waals surface area (Å²) < 4.78 is 5.47. The summed E-state index contributed by atoms with van der Waals surface area (Å²) in [6, 6.07) is 7.80. The number of aliphatic hydroxyl groups excluding tert-OH is 1. The summed E-state index contributed by atoms with van der Waals surface area (Å²) in [4.78, 5) is 20.7. The quantitative estimate of drug-likeness (QED) is 0.372. The Hall–Kier alpha value is -2.55. The Morgan fingerprint density at radius 1 is 0.941 bits per heavy atom.